The van der Waals surface area contributed by atoms with Crippen molar-refractivity contribution in [3.63, 3.8) is 0 Å². The van der Waals surface area contributed by atoms with Crippen LogP contribution in [-0.4, -0.2) is 18.1 Å². The molecule has 0 aromatic heterocycles. The fourth-order valence-corrected chi connectivity index (χ4v) is 1.54. The van der Waals surface area contributed by atoms with Gasteiger partial charge >= 0.3 is 0 Å². The highest BCUT2D eigenvalue weighted by Crippen LogP contribution is 2.37. The maximum Gasteiger partial charge on any atom is 0.262 e. The summed E-state index contributed by atoms with van der Waals surface area (Å²) in [5.41, 5.74) is 6.61. The molecule has 5 nitrogen and oxygen atoms in total. The van der Waals surface area contributed by atoms with E-state index in [1.807, 2.05) is 20.8 Å². The van der Waals surface area contributed by atoms with Crippen molar-refractivity contribution >= 4 is 17.3 Å². The Morgan fingerprint density at radius 3 is 2.76 bits per heavy atom. The summed E-state index contributed by atoms with van der Waals surface area (Å²) in [5, 5.41) is 2.71. The molecule has 3 N–H and O–H groups in total. The van der Waals surface area contributed by atoms with Crippen LogP contribution in [0.4, 0.5) is 11.4 Å². The highest BCUT2D eigenvalue weighted by Gasteiger charge is 2.20. The summed E-state index contributed by atoms with van der Waals surface area (Å²) in [6.45, 7) is 5.81. The third kappa shape index (κ3) is 2.61. The van der Waals surface area contributed by atoms with Crippen molar-refractivity contribution in [3.8, 4) is 11.5 Å². The van der Waals surface area contributed by atoms with Crippen molar-refractivity contribution in [3.05, 3.63) is 12.1 Å². The van der Waals surface area contributed by atoms with Gasteiger partial charge in [-0.2, -0.15) is 0 Å². The van der Waals surface area contributed by atoms with E-state index in [1.54, 1.807) is 12.1 Å². The van der Waals surface area contributed by atoms with E-state index in [4.69, 9.17) is 15.2 Å². The molecular weight excluding hydrogens is 220 g/mol. The number of ether oxygens (including phenoxy) is 2. The Labute approximate surface area is 99.9 Å². The van der Waals surface area contributed by atoms with E-state index in [1.165, 1.54) is 0 Å². The van der Waals surface area contributed by atoms with Crippen LogP contribution in [0.2, 0.25) is 0 Å². The fourth-order valence-electron chi connectivity index (χ4n) is 1.54. The molecule has 0 aliphatic carbocycles. The topological polar surface area (TPSA) is 73.6 Å². The van der Waals surface area contributed by atoms with Crippen molar-refractivity contribution in [2.24, 2.45) is 0 Å². The van der Waals surface area contributed by atoms with Gasteiger partial charge < -0.3 is 20.5 Å². The van der Waals surface area contributed by atoms with E-state index in [2.05, 4.69) is 5.32 Å². The third-order valence-electron chi connectivity index (χ3n) is 2.16. The Balaban J connectivity index is 2.35. The third-order valence-corrected chi connectivity index (χ3v) is 2.16. The molecule has 0 atom stereocenters. The molecule has 17 heavy (non-hydrogen) atoms. The second kappa shape index (κ2) is 3.84. The minimum atomic E-state index is -0.345. The number of anilines is 2. The Morgan fingerprint density at radius 1 is 1.41 bits per heavy atom. The monoisotopic (exact) mass is 236 g/mol. The highest BCUT2D eigenvalue weighted by molar-refractivity contribution is 5.96. The van der Waals surface area contributed by atoms with Gasteiger partial charge in [0, 0.05) is 12.1 Å². The summed E-state index contributed by atoms with van der Waals surface area (Å²) >= 11 is 0. The van der Waals surface area contributed by atoms with Gasteiger partial charge in [0.2, 0.25) is 0 Å². The van der Waals surface area contributed by atoms with Gasteiger partial charge in [-0.25, -0.2) is 0 Å². The molecule has 0 radical (unpaired) electrons. The van der Waals surface area contributed by atoms with Gasteiger partial charge in [0.25, 0.3) is 5.91 Å². The minimum absolute atomic E-state index is 0.0198. The Bertz CT molecular complexity index is 464. The van der Waals surface area contributed by atoms with Gasteiger partial charge in [-0.3, -0.25) is 4.79 Å². The van der Waals surface area contributed by atoms with E-state index in [-0.39, 0.29) is 18.1 Å². The average Bonchev–Trinajstić information content (AvgIpc) is 2.17. The maximum atomic E-state index is 11.2. The van der Waals surface area contributed by atoms with Crippen LogP contribution in [0.5, 0.6) is 11.5 Å². The van der Waals surface area contributed by atoms with Crippen molar-refractivity contribution in [2.75, 3.05) is 17.7 Å². The first kappa shape index (κ1) is 11.6. The number of carbonyl (C=O) groups excluding carboxylic acids is 1. The molecule has 5 heteroatoms. The Morgan fingerprint density at radius 2 is 2.12 bits per heavy atom. The molecule has 1 amide bonds. The van der Waals surface area contributed by atoms with Gasteiger partial charge in [-0.15, -0.1) is 0 Å². The zero-order valence-corrected chi connectivity index (χ0v) is 10.2. The Kier molecular flexibility index (Phi) is 2.61. The predicted molar refractivity (Wildman–Crippen MR) is 65.4 cm³/mol. The number of amides is 1. The lowest BCUT2D eigenvalue weighted by molar-refractivity contribution is -0.118. The molecule has 1 aromatic carbocycles. The number of carbonyl (C=O) groups is 1. The number of hydrogen-bond donors (Lipinski definition) is 2. The first-order chi connectivity index (χ1) is 7.85. The molecule has 2 rings (SSSR count). The van der Waals surface area contributed by atoms with Crippen LogP contribution in [0.3, 0.4) is 0 Å². The number of benzene rings is 1. The summed E-state index contributed by atoms with van der Waals surface area (Å²) in [7, 11) is 0. The molecule has 0 fully saturated rings. The lowest BCUT2D eigenvalue weighted by Gasteiger charge is -2.25. The zero-order chi connectivity index (χ0) is 12.6. The standard InChI is InChI=1S/C12H16N2O3/c1-12(2,3)17-9-5-8-10(4-7(9)13)16-6-11(15)14-8/h4-5H,6,13H2,1-3H3,(H,14,15). The molecule has 1 aromatic rings. The van der Waals surface area contributed by atoms with Gasteiger partial charge in [-0.05, 0) is 20.8 Å². The van der Waals surface area contributed by atoms with Crippen LogP contribution < -0.4 is 20.5 Å². The van der Waals surface area contributed by atoms with Crippen molar-refractivity contribution < 1.29 is 14.3 Å². The lowest BCUT2D eigenvalue weighted by Crippen LogP contribution is -2.26. The molecule has 0 spiro atoms. The average molecular weight is 236 g/mol. The molecule has 1 heterocycles. The summed E-state index contributed by atoms with van der Waals surface area (Å²) in [6, 6.07) is 3.35. The number of fused-ring (bicyclic) bond motifs is 1. The Hall–Kier alpha value is -1.91. The second-order valence-corrected chi connectivity index (χ2v) is 4.94. The molecule has 1 aliphatic heterocycles. The van der Waals surface area contributed by atoms with Gasteiger partial charge in [0.05, 0.1) is 11.4 Å². The maximum absolute atomic E-state index is 11.2. The number of nitrogens with two attached hydrogens (primary N) is 1. The summed E-state index contributed by atoms with van der Waals surface area (Å²) in [6.07, 6.45) is 0. The van der Waals surface area contributed by atoms with Gasteiger partial charge in [0.1, 0.15) is 17.1 Å². The normalized spacial score (nSPS) is 14.6. The number of nitrogen functional groups attached to an aromatic ring is 1. The highest BCUT2D eigenvalue weighted by atomic mass is 16.5. The fraction of sp³-hybridized carbons (Fsp3) is 0.417. The molecule has 1 aliphatic rings. The molecule has 0 saturated heterocycles. The zero-order valence-electron chi connectivity index (χ0n) is 10.2. The van der Waals surface area contributed by atoms with Gasteiger partial charge in [0.15, 0.2) is 6.61 Å². The van der Waals surface area contributed by atoms with Crippen LogP contribution in [0.1, 0.15) is 20.8 Å². The molecule has 0 unspecified atom stereocenters. The summed E-state index contributed by atoms with van der Waals surface area (Å²) in [5.74, 6) is 0.939. The van der Waals surface area contributed by atoms with Crippen LogP contribution in [0.25, 0.3) is 0 Å². The molecule has 0 bridgehead atoms. The largest absolute Gasteiger partial charge is 0.486 e. The lowest BCUT2D eigenvalue weighted by atomic mass is 10.1. The quantitative estimate of drug-likeness (QED) is 0.729. The predicted octanol–water partition coefficient (Wildman–Crippen LogP) is 1.78. The van der Waals surface area contributed by atoms with Crippen LogP contribution in [0, 0.1) is 0 Å². The van der Waals surface area contributed by atoms with Crippen molar-refractivity contribution in [1.29, 1.82) is 0 Å². The molecular formula is C12H16N2O3. The van der Waals surface area contributed by atoms with E-state index < -0.39 is 0 Å². The van der Waals surface area contributed by atoms with Crippen molar-refractivity contribution in [1.82, 2.24) is 0 Å². The summed E-state index contributed by atoms with van der Waals surface area (Å²) < 4.78 is 11.0. The molecule has 0 saturated carbocycles. The van der Waals surface area contributed by atoms with Gasteiger partial charge in [-0.1, -0.05) is 0 Å². The minimum Gasteiger partial charge on any atom is -0.486 e. The number of hydrogen-bond acceptors (Lipinski definition) is 4. The second-order valence-electron chi connectivity index (χ2n) is 4.94. The number of rotatable bonds is 1. The first-order valence-corrected chi connectivity index (χ1v) is 5.40. The van der Waals surface area contributed by atoms with Crippen LogP contribution >= 0.6 is 0 Å². The SMILES string of the molecule is CC(C)(C)Oc1cc2c(cc1N)OCC(=O)N2. The first-order valence-electron chi connectivity index (χ1n) is 5.40. The van der Waals surface area contributed by atoms with E-state index >= 15 is 0 Å². The van der Waals surface area contributed by atoms with E-state index in [9.17, 15) is 4.79 Å². The van der Waals surface area contributed by atoms with E-state index in [0.29, 0.717) is 22.9 Å². The smallest absolute Gasteiger partial charge is 0.262 e. The number of nitrogens with one attached hydrogen (secondary N) is 1. The van der Waals surface area contributed by atoms with Crippen LogP contribution in [-0.2, 0) is 4.79 Å². The van der Waals surface area contributed by atoms with Crippen molar-refractivity contribution in [2.45, 2.75) is 26.4 Å². The van der Waals surface area contributed by atoms with Crippen LogP contribution in [0.15, 0.2) is 12.1 Å². The summed E-state index contributed by atoms with van der Waals surface area (Å²) in [4.78, 5) is 11.2. The van der Waals surface area contributed by atoms with E-state index in [0.717, 1.165) is 0 Å². The molecule has 92 valence electrons.